The van der Waals surface area contributed by atoms with Gasteiger partial charge in [-0.3, -0.25) is 4.79 Å². The topological polar surface area (TPSA) is 89.5 Å². The lowest BCUT2D eigenvalue weighted by Crippen LogP contribution is -2.42. The summed E-state index contributed by atoms with van der Waals surface area (Å²) in [7, 11) is 2.02. The maximum Gasteiger partial charge on any atom is 0.451 e. The van der Waals surface area contributed by atoms with E-state index in [0.717, 1.165) is 40.9 Å². The quantitative estimate of drug-likeness (QED) is 0.523. The van der Waals surface area contributed by atoms with Gasteiger partial charge in [-0.2, -0.15) is 13.2 Å². The van der Waals surface area contributed by atoms with Gasteiger partial charge in [0.2, 0.25) is 5.82 Å². The van der Waals surface area contributed by atoms with E-state index in [0.29, 0.717) is 30.1 Å². The van der Waals surface area contributed by atoms with E-state index in [1.165, 1.54) is 11.3 Å². The number of carbonyl (C=O) groups excluding carboxylic acids is 1. The average molecular weight is 508 g/mol. The van der Waals surface area contributed by atoms with Gasteiger partial charge in [-0.15, -0.1) is 11.3 Å². The third kappa shape index (κ3) is 6.74. The number of hydrogen-bond donors (Lipinski definition) is 1. The fourth-order valence-electron chi connectivity index (χ4n) is 3.46. The third-order valence-electron chi connectivity index (χ3n) is 5.23. The van der Waals surface area contributed by atoms with E-state index in [4.69, 9.17) is 9.47 Å². The lowest BCUT2D eigenvalue weighted by atomic mass is 10.1. The van der Waals surface area contributed by atoms with Crippen molar-refractivity contribution in [2.24, 2.45) is 0 Å². The van der Waals surface area contributed by atoms with Crippen molar-refractivity contribution >= 4 is 17.2 Å². The minimum absolute atomic E-state index is 0.0317. The van der Waals surface area contributed by atoms with E-state index in [-0.39, 0.29) is 12.6 Å². The van der Waals surface area contributed by atoms with E-state index in [1.54, 1.807) is 18.3 Å². The first kappa shape index (κ1) is 25.0. The van der Waals surface area contributed by atoms with Crippen LogP contribution in [0.4, 0.5) is 13.2 Å². The van der Waals surface area contributed by atoms with Crippen LogP contribution in [0.15, 0.2) is 36.8 Å². The molecule has 1 saturated heterocycles. The Labute approximate surface area is 204 Å². The summed E-state index contributed by atoms with van der Waals surface area (Å²) < 4.78 is 49.7. The van der Waals surface area contributed by atoms with Crippen molar-refractivity contribution in [3.63, 3.8) is 0 Å². The highest BCUT2D eigenvalue weighted by atomic mass is 32.1. The zero-order valence-electron chi connectivity index (χ0n) is 19.1. The fraction of sp³-hybridized carbons (Fsp3) is 0.391. The Bertz CT molecular complexity index is 1170. The predicted molar refractivity (Wildman–Crippen MR) is 123 cm³/mol. The van der Waals surface area contributed by atoms with Gasteiger partial charge in [0.1, 0.15) is 23.5 Å². The minimum Gasteiger partial charge on any atom is -0.491 e. The number of aromatic nitrogens is 3. The van der Waals surface area contributed by atoms with E-state index >= 15 is 0 Å². The Morgan fingerprint density at radius 2 is 2.00 bits per heavy atom. The van der Waals surface area contributed by atoms with Crippen molar-refractivity contribution in [3.05, 3.63) is 58.6 Å². The molecule has 2 aromatic heterocycles. The normalized spacial score (nSPS) is 16.8. The van der Waals surface area contributed by atoms with Gasteiger partial charge < -0.3 is 19.7 Å². The molecule has 1 fully saturated rings. The summed E-state index contributed by atoms with van der Waals surface area (Å²) in [4.78, 5) is 27.1. The second kappa shape index (κ2) is 10.7. The number of likely N-dealkylation sites (N-methyl/N-ethyl adjacent to an activating group) is 1. The second-order valence-corrected chi connectivity index (χ2v) is 9.42. The van der Waals surface area contributed by atoms with Crippen LogP contribution in [-0.2, 0) is 17.5 Å². The predicted octanol–water partition coefficient (Wildman–Crippen LogP) is 3.57. The van der Waals surface area contributed by atoms with Gasteiger partial charge in [-0.1, -0.05) is 0 Å². The molecule has 35 heavy (non-hydrogen) atoms. The van der Waals surface area contributed by atoms with E-state index in [2.05, 4.69) is 25.2 Å². The number of halogens is 3. The SMILES string of the molecule is Cc1cnc(-c2cc(OC[C@@H]3CN(C)CCO3)cc(C(=O)NCc3cnc(C(F)(F)F)nc3)c2)s1. The molecule has 1 aliphatic rings. The molecule has 3 aromatic rings. The van der Waals surface area contributed by atoms with Crippen LogP contribution in [0.1, 0.15) is 26.6 Å². The van der Waals surface area contributed by atoms with Crippen LogP contribution in [0.3, 0.4) is 0 Å². The summed E-state index contributed by atoms with van der Waals surface area (Å²) in [5.74, 6) is -1.15. The zero-order chi connectivity index (χ0) is 25.0. The fourth-order valence-corrected chi connectivity index (χ4v) is 4.21. The van der Waals surface area contributed by atoms with Gasteiger partial charge in [0.05, 0.1) is 6.61 Å². The molecule has 3 heterocycles. The second-order valence-electron chi connectivity index (χ2n) is 8.18. The van der Waals surface area contributed by atoms with Gasteiger partial charge in [0.15, 0.2) is 0 Å². The maximum atomic E-state index is 12.9. The molecule has 8 nitrogen and oxygen atoms in total. The maximum absolute atomic E-state index is 12.9. The molecule has 12 heteroatoms. The lowest BCUT2D eigenvalue weighted by Gasteiger charge is -2.29. The molecule has 186 valence electrons. The van der Waals surface area contributed by atoms with Crippen LogP contribution in [0.25, 0.3) is 10.6 Å². The van der Waals surface area contributed by atoms with Crippen molar-refractivity contribution in [1.29, 1.82) is 0 Å². The Morgan fingerprint density at radius 3 is 2.66 bits per heavy atom. The first-order chi connectivity index (χ1) is 16.7. The number of carbonyl (C=O) groups is 1. The Kier molecular flexibility index (Phi) is 7.63. The summed E-state index contributed by atoms with van der Waals surface area (Å²) >= 11 is 1.49. The highest BCUT2D eigenvalue weighted by Crippen LogP contribution is 2.30. The van der Waals surface area contributed by atoms with E-state index in [1.807, 2.05) is 20.0 Å². The van der Waals surface area contributed by atoms with Crippen molar-refractivity contribution in [3.8, 4) is 16.3 Å². The number of nitrogens with one attached hydrogen (secondary N) is 1. The molecule has 0 radical (unpaired) electrons. The van der Waals surface area contributed by atoms with Crippen LogP contribution in [0.5, 0.6) is 5.75 Å². The number of hydrogen-bond acceptors (Lipinski definition) is 8. The Balaban J connectivity index is 1.48. The first-order valence-electron chi connectivity index (χ1n) is 10.8. The number of morpholine rings is 1. The molecule has 1 atom stereocenters. The summed E-state index contributed by atoms with van der Waals surface area (Å²) in [6.07, 6.45) is -0.869. The molecule has 1 amide bonds. The lowest BCUT2D eigenvalue weighted by molar-refractivity contribution is -0.145. The minimum atomic E-state index is -4.62. The number of nitrogens with zero attached hydrogens (tertiary/aromatic N) is 4. The Hall–Kier alpha value is -3.09. The van der Waals surface area contributed by atoms with Crippen LogP contribution < -0.4 is 10.1 Å². The number of rotatable bonds is 7. The number of aryl methyl sites for hydroxylation is 1. The zero-order valence-corrected chi connectivity index (χ0v) is 19.9. The number of benzene rings is 1. The van der Waals surface area contributed by atoms with Gasteiger partial charge >= 0.3 is 6.18 Å². The van der Waals surface area contributed by atoms with Crippen LogP contribution >= 0.6 is 11.3 Å². The third-order valence-corrected chi connectivity index (χ3v) is 6.19. The Morgan fingerprint density at radius 1 is 1.23 bits per heavy atom. The summed E-state index contributed by atoms with van der Waals surface area (Å²) in [6.45, 7) is 4.48. The van der Waals surface area contributed by atoms with Crippen LogP contribution in [0, 0.1) is 6.92 Å². The van der Waals surface area contributed by atoms with Crippen LogP contribution in [-0.4, -0.2) is 65.2 Å². The molecule has 1 N–H and O–H groups in total. The van der Waals surface area contributed by atoms with Gasteiger partial charge in [-0.05, 0) is 32.2 Å². The molecule has 0 saturated carbocycles. The highest BCUT2D eigenvalue weighted by Gasteiger charge is 2.34. The summed E-state index contributed by atoms with van der Waals surface area (Å²) in [5.41, 5.74) is 1.40. The standard InChI is InChI=1S/C23H24F3N5O3S/c1-14-8-28-21(35-14)17-5-16(6-18(7-17)34-13-19-12-31(2)3-4-33-19)20(32)27-9-15-10-29-22(30-11-15)23(24,25)26/h5-8,10-11,19H,3-4,9,12-13H2,1-2H3,(H,27,32)/t19-/m0/s1. The smallest absolute Gasteiger partial charge is 0.451 e. The van der Waals surface area contributed by atoms with Crippen molar-refractivity contribution in [2.45, 2.75) is 25.7 Å². The number of thiazole rings is 1. The molecule has 0 unspecified atom stereocenters. The van der Waals surface area contributed by atoms with Gasteiger partial charge in [0, 0.05) is 59.8 Å². The number of alkyl halides is 3. The molecule has 0 aliphatic carbocycles. The molecular weight excluding hydrogens is 483 g/mol. The first-order valence-corrected chi connectivity index (χ1v) is 11.7. The molecule has 4 rings (SSSR count). The van der Waals surface area contributed by atoms with Gasteiger partial charge in [-0.25, -0.2) is 15.0 Å². The van der Waals surface area contributed by atoms with Gasteiger partial charge in [0.25, 0.3) is 5.91 Å². The van der Waals surface area contributed by atoms with Crippen LogP contribution in [0.2, 0.25) is 0 Å². The molecular formula is C23H24F3N5O3S. The number of ether oxygens (including phenoxy) is 2. The summed E-state index contributed by atoms with van der Waals surface area (Å²) in [5, 5.41) is 3.43. The van der Waals surface area contributed by atoms with Crippen molar-refractivity contribution in [2.75, 3.05) is 33.4 Å². The summed E-state index contributed by atoms with van der Waals surface area (Å²) in [6, 6.07) is 5.15. The molecule has 0 spiro atoms. The molecule has 0 bridgehead atoms. The number of amides is 1. The van der Waals surface area contributed by atoms with E-state index in [9.17, 15) is 18.0 Å². The monoisotopic (exact) mass is 507 g/mol. The average Bonchev–Trinajstić information content (AvgIpc) is 3.27. The van der Waals surface area contributed by atoms with E-state index < -0.39 is 17.9 Å². The largest absolute Gasteiger partial charge is 0.491 e. The highest BCUT2D eigenvalue weighted by molar-refractivity contribution is 7.14. The van der Waals surface area contributed by atoms with Crippen molar-refractivity contribution < 1.29 is 27.4 Å². The molecule has 1 aliphatic heterocycles. The van der Waals surface area contributed by atoms with Crippen molar-refractivity contribution in [1.82, 2.24) is 25.2 Å². The molecule has 1 aromatic carbocycles.